The number of ether oxygens (including phenoxy) is 2. The number of benzene rings is 2. The Morgan fingerprint density at radius 2 is 1.62 bits per heavy atom. The summed E-state index contributed by atoms with van der Waals surface area (Å²) in [5.74, 6) is -0.541. The third-order valence-corrected chi connectivity index (χ3v) is 3.83. The molecule has 0 saturated heterocycles. The Bertz CT molecular complexity index is 774. The molecule has 0 N–H and O–H groups in total. The van der Waals surface area contributed by atoms with Crippen molar-refractivity contribution in [3.8, 4) is 5.75 Å². The standard InChI is InChI=1S/C20H20O4/c1-19(2,3)24-18(22)20(23-15-10-5-4-6-11-15)13-14-9-7-8-12-16(14)17(20)21/h4-12H,13H2,1-3H3/t20-/m1/s1. The van der Waals surface area contributed by atoms with Crippen LogP contribution in [0.15, 0.2) is 54.6 Å². The predicted molar refractivity (Wildman–Crippen MR) is 90.1 cm³/mol. The molecule has 1 aliphatic rings. The second kappa shape index (κ2) is 5.78. The van der Waals surface area contributed by atoms with Crippen LogP contribution in [-0.2, 0) is 16.0 Å². The Balaban J connectivity index is 2.03. The third kappa shape index (κ3) is 2.92. The molecule has 2 aromatic carbocycles. The lowest BCUT2D eigenvalue weighted by Gasteiger charge is -2.30. The van der Waals surface area contributed by atoms with Gasteiger partial charge in [0.05, 0.1) is 0 Å². The number of ketones is 1. The van der Waals surface area contributed by atoms with Crippen LogP contribution in [0, 0.1) is 0 Å². The van der Waals surface area contributed by atoms with Gasteiger partial charge in [0.15, 0.2) is 0 Å². The highest BCUT2D eigenvalue weighted by Gasteiger charge is 2.56. The summed E-state index contributed by atoms with van der Waals surface area (Å²) in [5.41, 5.74) is -1.07. The SMILES string of the molecule is CC(C)(C)OC(=O)[C@@]1(Oc2ccccc2)Cc2ccccc2C1=O. The molecule has 24 heavy (non-hydrogen) atoms. The summed E-state index contributed by atoms with van der Waals surface area (Å²) in [5, 5.41) is 0. The van der Waals surface area contributed by atoms with Crippen molar-refractivity contribution in [1.29, 1.82) is 0 Å². The van der Waals surface area contributed by atoms with Crippen LogP contribution in [0.1, 0.15) is 36.7 Å². The first-order valence-corrected chi connectivity index (χ1v) is 7.92. The van der Waals surface area contributed by atoms with Gasteiger partial charge in [-0.25, -0.2) is 4.79 Å². The summed E-state index contributed by atoms with van der Waals surface area (Å²) < 4.78 is 11.5. The Morgan fingerprint density at radius 1 is 1.00 bits per heavy atom. The van der Waals surface area contributed by atoms with Crippen LogP contribution in [0.3, 0.4) is 0 Å². The number of esters is 1. The van der Waals surface area contributed by atoms with Gasteiger partial charge in [0.1, 0.15) is 11.4 Å². The first-order chi connectivity index (χ1) is 11.3. The minimum absolute atomic E-state index is 0.172. The van der Waals surface area contributed by atoms with E-state index in [-0.39, 0.29) is 12.2 Å². The minimum Gasteiger partial charge on any atom is -0.467 e. The monoisotopic (exact) mass is 324 g/mol. The number of carbonyl (C=O) groups is 2. The van der Waals surface area contributed by atoms with E-state index in [2.05, 4.69) is 0 Å². The molecule has 0 fully saturated rings. The average molecular weight is 324 g/mol. The second-order valence-electron chi connectivity index (χ2n) is 6.91. The molecule has 0 amide bonds. The van der Waals surface area contributed by atoms with Crippen LogP contribution in [0.25, 0.3) is 0 Å². The van der Waals surface area contributed by atoms with E-state index in [1.54, 1.807) is 57.2 Å². The van der Waals surface area contributed by atoms with Crippen molar-refractivity contribution in [3.63, 3.8) is 0 Å². The molecule has 1 atom stereocenters. The fourth-order valence-electron chi connectivity index (χ4n) is 2.80. The molecule has 1 aliphatic carbocycles. The predicted octanol–water partition coefficient (Wildman–Crippen LogP) is 3.58. The van der Waals surface area contributed by atoms with E-state index >= 15 is 0 Å². The molecular weight excluding hydrogens is 304 g/mol. The van der Waals surface area contributed by atoms with Crippen LogP contribution in [-0.4, -0.2) is 23.0 Å². The topological polar surface area (TPSA) is 52.6 Å². The lowest BCUT2D eigenvalue weighted by Crippen LogP contribution is -2.53. The van der Waals surface area contributed by atoms with E-state index in [0.29, 0.717) is 11.3 Å². The number of Topliss-reactive ketones (excluding diaryl/α,β-unsaturated/α-hetero) is 1. The molecule has 124 valence electrons. The van der Waals surface area contributed by atoms with Crippen molar-refractivity contribution in [2.45, 2.75) is 38.4 Å². The largest absolute Gasteiger partial charge is 0.467 e. The molecule has 0 spiro atoms. The highest BCUT2D eigenvalue weighted by Crippen LogP contribution is 2.36. The van der Waals surface area contributed by atoms with E-state index in [9.17, 15) is 9.59 Å². The summed E-state index contributed by atoms with van der Waals surface area (Å²) in [4.78, 5) is 25.9. The van der Waals surface area contributed by atoms with Crippen LogP contribution in [0.2, 0.25) is 0 Å². The lowest BCUT2D eigenvalue weighted by molar-refractivity contribution is -0.169. The highest BCUT2D eigenvalue weighted by atomic mass is 16.6. The van der Waals surface area contributed by atoms with Gasteiger partial charge in [0.25, 0.3) is 5.60 Å². The van der Waals surface area contributed by atoms with Crippen molar-refractivity contribution in [1.82, 2.24) is 0 Å². The zero-order valence-electron chi connectivity index (χ0n) is 14.0. The molecular formula is C20H20O4. The van der Waals surface area contributed by atoms with Gasteiger partial charge < -0.3 is 9.47 Å². The van der Waals surface area contributed by atoms with Crippen molar-refractivity contribution in [3.05, 3.63) is 65.7 Å². The number of carbonyl (C=O) groups excluding carboxylic acids is 2. The van der Waals surface area contributed by atoms with Gasteiger partial charge >= 0.3 is 5.97 Å². The maximum Gasteiger partial charge on any atom is 0.359 e. The van der Waals surface area contributed by atoms with E-state index in [4.69, 9.17) is 9.47 Å². The molecule has 0 heterocycles. The van der Waals surface area contributed by atoms with Gasteiger partial charge in [-0.15, -0.1) is 0 Å². The van der Waals surface area contributed by atoms with Gasteiger partial charge in [-0.1, -0.05) is 42.5 Å². The maximum absolute atomic E-state index is 13.0. The van der Waals surface area contributed by atoms with Gasteiger partial charge in [0.2, 0.25) is 5.78 Å². The van der Waals surface area contributed by atoms with Crippen molar-refractivity contribution >= 4 is 11.8 Å². The van der Waals surface area contributed by atoms with Crippen molar-refractivity contribution in [2.75, 3.05) is 0 Å². The van der Waals surface area contributed by atoms with Gasteiger partial charge in [0, 0.05) is 12.0 Å². The van der Waals surface area contributed by atoms with Crippen LogP contribution < -0.4 is 4.74 Å². The van der Waals surface area contributed by atoms with Crippen molar-refractivity contribution in [2.24, 2.45) is 0 Å². The smallest absolute Gasteiger partial charge is 0.359 e. The second-order valence-corrected chi connectivity index (χ2v) is 6.91. The van der Waals surface area contributed by atoms with E-state index in [1.165, 1.54) is 0 Å². The molecule has 0 saturated carbocycles. The van der Waals surface area contributed by atoms with Crippen molar-refractivity contribution < 1.29 is 19.1 Å². The number of hydrogen-bond acceptors (Lipinski definition) is 4. The zero-order chi connectivity index (χ0) is 17.4. The van der Waals surface area contributed by atoms with Gasteiger partial charge in [-0.3, -0.25) is 4.79 Å². The molecule has 0 radical (unpaired) electrons. The fraction of sp³-hybridized carbons (Fsp3) is 0.300. The third-order valence-electron chi connectivity index (χ3n) is 3.83. The Labute approximate surface area is 141 Å². The molecule has 2 aromatic rings. The van der Waals surface area contributed by atoms with Crippen LogP contribution in [0.5, 0.6) is 5.75 Å². The van der Waals surface area contributed by atoms with Gasteiger partial charge in [-0.05, 0) is 38.5 Å². The highest BCUT2D eigenvalue weighted by molar-refractivity contribution is 6.19. The number of fused-ring (bicyclic) bond motifs is 1. The summed E-state index contributed by atoms with van der Waals surface area (Å²) in [6.45, 7) is 5.31. The normalized spacial score (nSPS) is 19.7. The molecule has 0 unspecified atom stereocenters. The van der Waals surface area contributed by atoms with E-state index in [1.807, 2.05) is 18.2 Å². The lowest BCUT2D eigenvalue weighted by atomic mass is 9.98. The Kier molecular flexibility index (Phi) is 3.91. The summed E-state index contributed by atoms with van der Waals surface area (Å²) in [6.07, 6.45) is 0.172. The molecule has 0 aliphatic heterocycles. The number of rotatable bonds is 3. The molecule has 0 aromatic heterocycles. The summed E-state index contributed by atoms with van der Waals surface area (Å²) in [7, 11) is 0. The number of para-hydroxylation sites is 1. The zero-order valence-corrected chi connectivity index (χ0v) is 14.0. The molecule has 4 nitrogen and oxygen atoms in total. The Morgan fingerprint density at radius 3 is 2.25 bits per heavy atom. The maximum atomic E-state index is 13.0. The van der Waals surface area contributed by atoms with Gasteiger partial charge in [-0.2, -0.15) is 0 Å². The first-order valence-electron chi connectivity index (χ1n) is 7.92. The van der Waals surface area contributed by atoms with E-state index in [0.717, 1.165) is 5.56 Å². The molecule has 4 heteroatoms. The first kappa shape index (κ1) is 16.2. The van der Waals surface area contributed by atoms with E-state index < -0.39 is 17.2 Å². The fourth-order valence-corrected chi connectivity index (χ4v) is 2.80. The summed E-state index contributed by atoms with van der Waals surface area (Å²) >= 11 is 0. The van der Waals surface area contributed by atoms with Crippen LogP contribution in [0.4, 0.5) is 0 Å². The average Bonchev–Trinajstić information content (AvgIpc) is 2.81. The summed E-state index contributed by atoms with van der Waals surface area (Å²) in [6, 6.07) is 16.1. The van der Waals surface area contributed by atoms with Crippen LogP contribution >= 0.6 is 0 Å². The minimum atomic E-state index is -1.67. The molecule has 0 bridgehead atoms. The quantitative estimate of drug-likeness (QED) is 0.639. The molecule has 3 rings (SSSR count). The Hall–Kier alpha value is -2.62. The number of hydrogen-bond donors (Lipinski definition) is 0.